The molecule has 0 aromatic carbocycles. The van der Waals surface area contributed by atoms with Crippen molar-refractivity contribution in [2.24, 2.45) is 0 Å². The zero-order valence-electron chi connectivity index (χ0n) is 9.59. The van der Waals surface area contributed by atoms with Gasteiger partial charge < -0.3 is 9.40 Å². The summed E-state index contributed by atoms with van der Waals surface area (Å²) in [7, 11) is 0. The van der Waals surface area contributed by atoms with Crippen molar-refractivity contribution in [3.63, 3.8) is 0 Å². The third kappa shape index (κ3) is 1.79. The molecule has 0 spiro atoms. The molecule has 90 valence electrons. The summed E-state index contributed by atoms with van der Waals surface area (Å²) in [6.45, 7) is 0. The highest BCUT2D eigenvalue weighted by Crippen LogP contribution is 2.19. The first-order valence-electron chi connectivity index (χ1n) is 5.67. The van der Waals surface area contributed by atoms with E-state index < -0.39 is 0 Å². The van der Waals surface area contributed by atoms with Crippen LogP contribution in [0.4, 0.5) is 0 Å². The summed E-state index contributed by atoms with van der Waals surface area (Å²) in [6.07, 6.45) is 7.10. The van der Waals surface area contributed by atoms with Crippen LogP contribution in [0, 0.1) is 0 Å². The van der Waals surface area contributed by atoms with Crippen LogP contribution in [0.3, 0.4) is 0 Å². The molecule has 0 radical (unpaired) electrons. The van der Waals surface area contributed by atoms with E-state index in [1.165, 1.54) is 6.33 Å². The highest BCUT2D eigenvalue weighted by atomic mass is 16.3. The van der Waals surface area contributed by atoms with Gasteiger partial charge in [0.05, 0.1) is 17.3 Å². The number of hydrogen-bond acceptors (Lipinski definition) is 4. The predicted octanol–water partition coefficient (Wildman–Crippen LogP) is 2.15. The Morgan fingerprint density at radius 1 is 1.33 bits per heavy atom. The summed E-state index contributed by atoms with van der Waals surface area (Å²) < 4.78 is 5.28. The molecule has 3 heterocycles. The number of aldehydes is 1. The number of carbonyl (C=O) groups is 1. The van der Waals surface area contributed by atoms with Crippen molar-refractivity contribution in [1.29, 1.82) is 0 Å². The molecule has 0 bridgehead atoms. The number of fused-ring (bicyclic) bond motifs is 1. The van der Waals surface area contributed by atoms with E-state index in [2.05, 4.69) is 15.0 Å². The third-order valence-corrected chi connectivity index (χ3v) is 2.89. The average molecular weight is 241 g/mol. The molecular formula is C13H11N3O2. The van der Waals surface area contributed by atoms with Crippen molar-refractivity contribution in [2.75, 3.05) is 0 Å². The van der Waals surface area contributed by atoms with Crippen LogP contribution in [0.5, 0.6) is 0 Å². The van der Waals surface area contributed by atoms with E-state index in [9.17, 15) is 4.79 Å². The van der Waals surface area contributed by atoms with Crippen LogP contribution >= 0.6 is 0 Å². The quantitative estimate of drug-likeness (QED) is 0.710. The van der Waals surface area contributed by atoms with Crippen LogP contribution in [0.1, 0.15) is 21.8 Å². The van der Waals surface area contributed by atoms with E-state index in [1.807, 2.05) is 12.1 Å². The molecule has 0 amide bonds. The van der Waals surface area contributed by atoms with Crippen LogP contribution in [0.25, 0.3) is 11.0 Å². The summed E-state index contributed by atoms with van der Waals surface area (Å²) in [6, 6.07) is 3.79. The SMILES string of the molecule is O=Cc1c[nH]c2ncnc(CCc3ccco3)c12. The highest BCUT2D eigenvalue weighted by Gasteiger charge is 2.10. The Morgan fingerprint density at radius 3 is 3.06 bits per heavy atom. The fourth-order valence-corrected chi connectivity index (χ4v) is 2.03. The van der Waals surface area contributed by atoms with Crippen LogP contribution in [-0.2, 0) is 12.8 Å². The Bertz CT molecular complexity index is 671. The van der Waals surface area contributed by atoms with Gasteiger partial charge in [-0.1, -0.05) is 0 Å². The molecule has 3 rings (SSSR count). The van der Waals surface area contributed by atoms with Crippen LogP contribution in [-0.4, -0.2) is 21.2 Å². The first kappa shape index (κ1) is 10.7. The number of nitrogens with one attached hydrogen (secondary N) is 1. The molecule has 0 unspecified atom stereocenters. The lowest BCUT2D eigenvalue weighted by Crippen LogP contribution is -1.96. The topological polar surface area (TPSA) is 71.8 Å². The van der Waals surface area contributed by atoms with Crippen LogP contribution in [0.2, 0.25) is 0 Å². The number of hydrogen-bond donors (Lipinski definition) is 1. The summed E-state index contributed by atoms with van der Waals surface area (Å²) in [4.78, 5) is 22.3. The van der Waals surface area contributed by atoms with Gasteiger partial charge in [-0.15, -0.1) is 0 Å². The van der Waals surface area contributed by atoms with Crippen LogP contribution < -0.4 is 0 Å². The van der Waals surface area contributed by atoms with Crippen molar-refractivity contribution in [2.45, 2.75) is 12.8 Å². The molecule has 0 saturated carbocycles. The minimum absolute atomic E-state index is 0.597. The standard InChI is InChI=1S/C13H11N3O2/c17-7-9-6-14-13-12(9)11(15-8-16-13)4-3-10-2-1-5-18-10/h1-2,5-8H,3-4H2,(H,14,15,16). The molecule has 1 N–H and O–H groups in total. The minimum atomic E-state index is 0.597. The van der Waals surface area contributed by atoms with Crippen molar-refractivity contribution < 1.29 is 9.21 Å². The Hall–Kier alpha value is -2.43. The second-order valence-corrected chi connectivity index (χ2v) is 3.99. The number of rotatable bonds is 4. The molecule has 3 aromatic rings. The highest BCUT2D eigenvalue weighted by molar-refractivity contribution is 5.96. The molecule has 3 aromatic heterocycles. The van der Waals surface area contributed by atoms with Gasteiger partial charge in [-0.2, -0.15) is 0 Å². The molecule has 0 aliphatic heterocycles. The fourth-order valence-electron chi connectivity index (χ4n) is 2.03. The second kappa shape index (κ2) is 4.44. The number of nitrogens with zero attached hydrogens (tertiary/aromatic N) is 2. The number of aryl methyl sites for hydroxylation is 2. The summed E-state index contributed by atoms with van der Waals surface area (Å²) in [5.41, 5.74) is 2.15. The lowest BCUT2D eigenvalue weighted by molar-refractivity contribution is 0.112. The Balaban J connectivity index is 1.95. The van der Waals surface area contributed by atoms with Crippen molar-refractivity contribution in [1.82, 2.24) is 15.0 Å². The maximum Gasteiger partial charge on any atom is 0.152 e. The summed E-state index contributed by atoms with van der Waals surface area (Å²) in [5, 5.41) is 0.805. The van der Waals surface area contributed by atoms with E-state index in [0.717, 1.165) is 29.5 Å². The van der Waals surface area contributed by atoms with Gasteiger partial charge in [-0.3, -0.25) is 4.79 Å². The van der Waals surface area contributed by atoms with Gasteiger partial charge in [0.1, 0.15) is 17.7 Å². The predicted molar refractivity (Wildman–Crippen MR) is 65.4 cm³/mol. The zero-order valence-corrected chi connectivity index (χ0v) is 9.59. The number of furan rings is 1. The van der Waals surface area contributed by atoms with Gasteiger partial charge in [0.2, 0.25) is 0 Å². The molecule has 0 aliphatic carbocycles. The third-order valence-electron chi connectivity index (χ3n) is 2.89. The first-order chi connectivity index (χ1) is 8.88. The normalized spacial score (nSPS) is 10.9. The molecule has 18 heavy (non-hydrogen) atoms. The van der Waals surface area contributed by atoms with Crippen molar-refractivity contribution in [3.05, 3.63) is 47.9 Å². The largest absolute Gasteiger partial charge is 0.469 e. The number of carbonyl (C=O) groups excluding carboxylic acids is 1. The molecule has 0 aliphatic rings. The van der Waals surface area contributed by atoms with E-state index in [-0.39, 0.29) is 0 Å². The molecule has 0 saturated heterocycles. The van der Waals surface area contributed by atoms with Gasteiger partial charge >= 0.3 is 0 Å². The van der Waals surface area contributed by atoms with Crippen LogP contribution in [0.15, 0.2) is 35.3 Å². The lowest BCUT2D eigenvalue weighted by atomic mass is 10.1. The zero-order chi connectivity index (χ0) is 12.4. The molecule has 0 fully saturated rings. The van der Waals surface area contributed by atoms with Gasteiger partial charge in [0.15, 0.2) is 6.29 Å². The summed E-state index contributed by atoms with van der Waals surface area (Å²) >= 11 is 0. The Kier molecular flexibility index (Phi) is 2.64. The molecular weight excluding hydrogens is 230 g/mol. The maximum atomic E-state index is 11.0. The number of aromatic nitrogens is 3. The Labute approximate surface area is 103 Å². The number of H-pyrrole nitrogens is 1. The number of aromatic amines is 1. The maximum absolute atomic E-state index is 11.0. The van der Waals surface area contributed by atoms with E-state index in [0.29, 0.717) is 17.6 Å². The second-order valence-electron chi connectivity index (χ2n) is 3.99. The van der Waals surface area contributed by atoms with Crippen molar-refractivity contribution >= 4 is 17.3 Å². The molecule has 5 nitrogen and oxygen atoms in total. The lowest BCUT2D eigenvalue weighted by Gasteiger charge is -2.01. The van der Waals surface area contributed by atoms with Gasteiger partial charge in [0.25, 0.3) is 0 Å². The van der Waals surface area contributed by atoms with Gasteiger partial charge in [0, 0.05) is 18.2 Å². The van der Waals surface area contributed by atoms with E-state index in [1.54, 1.807) is 12.5 Å². The summed E-state index contributed by atoms with van der Waals surface area (Å²) in [5.74, 6) is 0.907. The monoisotopic (exact) mass is 241 g/mol. The minimum Gasteiger partial charge on any atom is -0.469 e. The van der Waals surface area contributed by atoms with E-state index >= 15 is 0 Å². The van der Waals surface area contributed by atoms with E-state index in [4.69, 9.17) is 4.42 Å². The molecule has 5 heteroatoms. The average Bonchev–Trinajstić information content (AvgIpc) is 3.05. The molecule has 0 atom stereocenters. The Morgan fingerprint density at radius 2 is 2.28 bits per heavy atom. The van der Waals surface area contributed by atoms with Gasteiger partial charge in [-0.05, 0) is 18.6 Å². The fraction of sp³-hybridized carbons (Fsp3) is 0.154. The van der Waals surface area contributed by atoms with Gasteiger partial charge in [-0.25, -0.2) is 9.97 Å². The van der Waals surface area contributed by atoms with Crippen molar-refractivity contribution in [3.8, 4) is 0 Å². The smallest absolute Gasteiger partial charge is 0.152 e. The first-order valence-corrected chi connectivity index (χ1v) is 5.67.